The van der Waals surface area contributed by atoms with E-state index in [4.69, 9.17) is 4.74 Å². The Labute approximate surface area is 139 Å². The van der Waals surface area contributed by atoms with Crippen molar-refractivity contribution in [3.8, 4) is 0 Å². The number of halogens is 2. The Balaban J connectivity index is 1.82. The SMILES string of the molecule is CCC1C=Cc2cc(F)c(F)cc2N1COC(=O)c1ccccc1. The Kier molecular flexibility index (Phi) is 4.60. The second kappa shape index (κ2) is 6.83. The summed E-state index contributed by atoms with van der Waals surface area (Å²) in [5.74, 6) is -2.27. The first kappa shape index (κ1) is 16.2. The number of rotatable bonds is 4. The monoisotopic (exact) mass is 329 g/mol. The average Bonchev–Trinajstić information content (AvgIpc) is 2.61. The van der Waals surface area contributed by atoms with Gasteiger partial charge in [-0.2, -0.15) is 0 Å². The highest BCUT2D eigenvalue weighted by atomic mass is 19.2. The van der Waals surface area contributed by atoms with Gasteiger partial charge in [0.25, 0.3) is 0 Å². The molecule has 0 N–H and O–H groups in total. The van der Waals surface area contributed by atoms with Crippen LogP contribution < -0.4 is 4.90 Å². The number of anilines is 1. The lowest BCUT2D eigenvalue weighted by atomic mass is 10.0. The number of carbonyl (C=O) groups excluding carboxylic acids is 1. The highest BCUT2D eigenvalue weighted by molar-refractivity contribution is 5.89. The van der Waals surface area contributed by atoms with E-state index in [1.807, 2.05) is 19.1 Å². The standard InChI is InChI=1S/C19H17F2NO2/c1-2-15-9-8-14-10-16(20)17(21)11-18(14)22(15)12-24-19(23)13-6-4-3-5-7-13/h3-11,15H,2,12H2,1H3. The van der Waals surface area contributed by atoms with Gasteiger partial charge in [-0.15, -0.1) is 0 Å². The van der Waals surface area contributed by atoms with Crippen LogP contribution in [0.1, 0.15) is 29.3 Å². The summed E-state index contributed by atoms with van der Waals surface area (Å²) >= 11 is 0. The maximum absolute atomic E-state index is 13.6. The molecule has 5 heteroatoms. The minimum atomic E-state index is -0.918. The van der Waals surface area contributed by atoms with Gasteiger partial charge in [0.1, 0.15) is 0 Å². The van der Waals surface area contributed by atoms with Crippen molar-refractivity contribution >= 4 is 17.7 Å². The second-order valence-electron chi connectivity index (χ2n) is 5.56. The summed E-state index contributed by atoms with van der Waals surface area (Å²) in [4.78, 5) is 13.9. The molecular weight excluding hydrogens is 312 g/mol. The van der Waals surface area contributed by atoms with Gasteiger partial charge in [0.2, 0.25) is 0 Å². The van der Waals surface area contributed by atoms with Crippen LogP contribution in [0.4, 0.5) is 14.5 Å². The van der Waals surface area contributed by atoms with Crippen molar-refractivity contribution in [3.05, 3.63) is 71.3 Å². The summed E-state index contributed by atoms with van der Waals surface area (Å²) in [6.45, 7) is 1.94. The van der Waals surface area contributed by atoms with Crippen LogP contribution in [0, 0.1) is 11.6 Å². The fourth-order valence-electron chi connectivity index (χ4n) is 2.74. The molecule has 0 saturated carbocycles. The number of hydrogen-bond acceptors (Lipinski definition) is 3. The zero-order chi connectivity index (χ0) is 17.1. The molecule has 0 amide bonds. The molecule has 0 spiro atoms. The smallest absolute Gasteiger partial charge is 0.339 e. The molecule has 0 bridgehead atoms. The maximum Gasteiger partial charge on any atom is 0.339 e. The molecule has 2 aromatic carbocycles. The minimum absolute atomic E-state index is 0.0331. The molecule has 2 aromatic rings. The topological polar surface area (TPSA) is 29.5 Å². The molecule has 0 fully saturated rings. The Morgan fingerprint density at radius 3 is 2.58 bits per heavy atom. The van der Waals surface area contributed by atoms with Crippen LogP contribution in [0.3, 0.4) is 0 Å². The Hall–Kier alpha value is -2.69. The van der Waals surface area contributed by atoms with Gasteiger partial charge in [0, 0.05) is 11.6 Å². The minimum Gasteiger partial charge on any atom is -0.441 e. The molecule has 0 radical (unpaired) electrons. The summed E-state index contributed by atoms with van der Waals surface area (Å²) in [5, 5.41) is 0. The van der Waals surface area contributed by atoms with Crippen molar-refractivity contribution in [1.82, 2.24) is 0 Å². The summed E-state index contributed by atoms with van der Waals surface area (Å²) in [5.41, 5.74) is 1.53. The number of benzene rings is 2. The normalized spacial score (nSPS) is 16.0. The molecule has 1 unspecified atom stereocenters. The fraction of sp³-hybridized carbons (Fsp3) is 0.211. The van der Waals surface area contributed by atoms with Crippen molar-refractivity contribution in [1.29, 1.82) is 0 Å². The Morgan fingerprint density at radius 2 is 1.88 bits per heavy atom. The van der Waals surface area contributed by atoms with E-state index < -0.39 is 17.6 Å². The van der Waals surface area contributed by atoms with E-state index in [9.17, 15) is 13.6 Å². The van der Waals surface area contributed by atoms with E-state index in [-0.39, 0.29) is 12.8 Å². The largest absolute Gasteiger partial charge is 0.441 e. The van der Waals surface area contributed by atoms with Gasteiger partial charge in [-0.05, 0) is 24.6 Å². The van der Waals surface area contributed by atoms with Crippen LogP contribution in [0.15, 0.2) is 48.5 Å². The van der Waals surface area contributed by atoms with Crippen LogP contribution in [-0.2, 0) is 4.74 Å². The van der Waals surface area contributed by atoms with E-state index in [1.165, 1.54) is 0 Å². The predicted molar refractivity (Wildman–Crippen MR) is 88.7 cm³/mol. The van der Waals surface area contributed by atoms with Gasteiger partial charge in [-0.1, -0.05) is 37.3 Å². The van der Waals surface area contributed by atoms with Gasteiger partial charge >= 0.3 is 5.97 Å². The average molecular weight is 329 g/mol. The van der Waals surface area contributed by atoms with Crippen molar-refractivity contribution in [3.63, 3.8) is 0 Å². The molecule has 124 valence electrons. The molecule has 1 heterocycles. The van der Waals surface area contributed by atoms with E-state index >= 15 is 0 Å². The summed E-state index contributed by atoms with van der Waals surface area (Å²) in [6, 6.07) is 10.9. The van der Waals surface area contributed by atoms with Crippen molar-refractivity contribution in [2.24, 2.45) is 0 Å². The Morgan fingerprint density at radius 1 is 1.17 bits per heavy atom. The third-order valence-electron chi connectivity index (χ3n) is 4.04. The van der Waals surface area contributed by atoms with Gasteiger partial charge in [-0.25, -0.2) is 13.6 Å². The highest BCUT2D eigenvalue weighted by Crippen LogP contribution is 2.32. The lowest BCUT2D eigenvalue weighted by Crippen LogP contribution is -2.38. The number of ether oxygens (including phenoxy) is 1. The zero-order valence-electron chi connectivity index (χ0n) is 13.2. The molecule has 1 aliphatic rings. The van der Waals surface area contributed by atoms with Crippen LogP contribution in [0.2, 0.25) is 0 Å². The summed E-state index contributed by atoms with van der Waals surface area (Å²) in [7, 11) is 0. The lowest BCUT2D eigenvalue weighted by Gasteiger charge is -2.34. The second-order valence-corrected chi connectivity index (χ2v) is 5.56. The van der Waals surface area contributed by atoms with Crippen molar-refractivity contribution in [2.75, 3.05) is 11.6 Å². The maximum atomic E-state index is 13.6. The first-order valence-electron chi connectivity index (χ1n) is 7.76. The van der Waals surface area contributed by atoms with Crippen LogP contribution in [-0.4, -0.2) is 18.7 Å². The van der Waals surface area contributed by atoms with Gasteiger partial charge < -0.3 is 9.64 Å². The predicted octanol–water partition coefficient (Wildman–Crippen LogP) is 4.39. The van der Waals surface area contributed by atoms with Crippen molar-refractivity contribution < 1.29 is 18.3 Å². The van der Waals surface area contributed by atoms with E-state index in [0.717, 1.165) is 18.6 Å². The molecular formula is C19H17F2NO2. The number of hydrogen-bond donors (Lipinski definition) is 0. The summed E-state index contributed by atoms with van der Waals surface area (Å²) < 4.78 is 32.4. The zero-order valence-corrected chi connectivity index (χ0v) is 13.2. The summed E-state index contributed by atoms with van der Waals surface area (Å²) in [6.07, 6.45) is 4.41. The third kappa shape index (κ3) is 3.15. The molecule has 0 aliphatic carbocycles. The molecule has 24 heavy (non-hydrogen) atoms. The first-order valence-corrected chi connectivity index (χ1v) is 7.76. The van der Waals surface area contributed by atoms with Crippen LogP contribution >= 0.6 is 0 Å². The fourth-order valence-corrected chi connectivity index (χ4v) is 2.74. The number of fused-ring (bicyclic) bond motifs is 1. The third-order valence-corrected chi connectivity index (χ3v) is 4.04. The van der Waals surface area contributed by atoms with Gasteiger partial charge in [0.15, 0.2) is 18.4 Å². The molecule has 3 nitrogen and oxygen atoms in total. The van der Waals surface area contributed by atoms with E-state index in [2.05, 4.69) is 0 Å². The molecule has 1 aliphatic heterocycles. The molecule has 3 rings (SSSR count). The first-order chi connectivity index (χ1) is 11.6. The highest BCUT2D eigenvalue weighted by Gasteiger charge is 2.24. The number of carbonyl (C=O) groups is 1. The van der Waals surface area contributed by atoms with Crippen LogP contribution in [0.25, 0.3) is 6.08 Å². The van der Waals surface area contributed by atoms with Crippen molar-refractivity contribution in [2.45, 2.75) is 19.4 Å². The van der Waals surface area contributed by atoms with Crippen LogP contribution in [0.5, 0.6) is 0 Å². The molecule has 0 aromatic heterocycles. The Bertz CT molecular complexity index is 774. The lowest BCUT2D eigenvalue weighted by molar-refractivity contribution is 0.0499. The quantitative estimate of drug-likeness (QED) is 0.779. The number of esters is 1. The van der Waals surface area contributed by atoms with E-state index in [1.54, 1.807) is 35.2 Å². The van der Waals surface area contributed by atoms with Gasteiger partial charge in [-0.3, -0.25) is 0 Å². The van der Waals surface area contributed by atoms with E-state index in [0.29, 0.717) is 16.8 Å². The molecule has 1 atom stereocenters. The van der Waals surface area contributed by atoms with Gasteiger partial charge in [0.05, 0.1) is 17.3 Å². The number of nitrogens with zero attached hydrogens (tertiary/aromatic N) is 1. The molecule has 0 saturated heterocycles.